The minimum Gasteiger partial charge on any atom is -0.379 e. The number of nitrogens with zero attached hydrogens (tertiary/aromatic N) is 2. The summed E-state index contributed by atoms with van der Waals surface area (Å²) in [7, 11) is -3.90. The first-order valence-electron chi connectivity index (χ1n) is 8.67. The Morgan fingerprint density at radius 2 is 1.69 bits per heavy atom. The Kier molecular flexibility index (Phi) is 5.46. The van der Waals surface area contributed by atoms with Crippen LogP contribution in [0.5, 0.6) is 5.75 Å². The summed E-state index contributed by atoms with van der Waals surface area (Å²) in [6.45, 7) is 4.14. The maximum atomic E-state index is 12.4. The fourth-order valence-corrected chi connectivity index (χ4v) is 3.75. The largest absolute Gasteiger partial charge is 0.379 e. The number of urea groups is 1. The molecule has 0 saturated carbocycles. The van der Waals surface area contributed by atoms with Gasteiger partial charge < -0.3 is 9.08 Å². The molecule has 2 amide bonds. The van der Waals surface area contributed by atoms with E-state index in [9.17, 15) is 13.2 Å². The average molecular weight is 374 g/mol. The van der Waals surface area contributed by atoms with Gasteiger partial charge in [0.15, 0.2) is 0 Å². The van der Waals surface area contributed by atoms with E-state index in [1.165, 1.54) is 12.1 Å². The van der Waals surface area contributed by atoms with Crippen LogP contribution in [0.4, 0.5) is 10.5 Å². The number of carbonyl (C=O) groups is 1. The Morgan fingerprint density at radius 3 is 2.35 bits per heavy atom. The lowest BCUT2D eigenvalue weighted by molar-refractivity contribution is 0.220. The highest BCUT2D eigenvalue weighted by atomic mass is 32.2. The molecule has 1 heterocycles. The molecule has 0 atom stereocenters. The van der Waals surface area contributed by atoms with Gasteiger partial charge in [0.1, 0.15) is 10.6 Å². The molecule has 0 spiro atoms. The molecule has 138 valence electrons. The average Bonchev–Trinajstić information content (AvgIpc) is 3.01. The highest BCUT2D eigenvalue weighted by Gasteiger charge is 2.29. The lowest BCUT2D eigenvalue weighted by Crippen LogP contribution is -2.32. The van der Waals surface area contributed by atoms with Crippen LogP contribution in [0, 0.1) is 0 Å². The van der Waals surface area contributed by atoms with Crippen molar-refractivity contribution in [2.75, 3.05) is 24.5 Å². The summed E-state index contributed by atoms with van der Waals surface area (Å²) >= 11 is 0. The number of benzene rings is 2. The van der Waals surface area contributed by atoms with Gasteiger partial charge >= 0.3 is 16.1 Å². The van der Waals surface area contributed by atoms with Crippen molar-refractivity contribution in [1.82, 2.24) is 4.90 Å². The lowest BCUT2D eigenvalue weighted by atomic mass is 10.3. The molecule has 0 N–H and O–H groups in total. The highest BCUT2D eigenvalue weighted by Crippen LogP contribution is 2.24. The molecule has 3 rings (SSSR count). The van der Waals surface area contributed by atoms with Crippen molar-refractivity contribution in [3.8, 4) is 5.75 Å². The molecule has 1 saturated heterocycles. The maximum absolute atomic E-state index is 12.4. The second-order valence-electron chi connectivity index (χ2n) is 6.12. The fourth-order valence-electron chi connectivity index (χ4n) is 2.82. The molecule has 0 aliphatic carbocycles. The van der Waals surface area contributed by atoms with E-state index in [0.29, 0.717) is 18.8 Å². The SMILES string of the molecule is CCCCN1CCN(c2ccc(S(=O)(=O)Oc3ccccc3)cc2)C1=O. The van der Waals surface area contributed by atoms with E-state index in [0.717, 1.165) is 19.4 Å². The van der Waals surface area contributed by atoms with Gasteiger partial charge in [-0.15, -0.1) is 0 Å². The summed E-state index contributed by atoms with van der Waals surface area (Å²) < 4.78 is 29.8. The van der Waals surface area contributed by atoms with E-state index in [1.54, 1.807) is 47.4 Å². The number of para-hydroxylation sites is 1. The van der Waals surface area contributed by atoms with Gasteiger partial charge in [0.25, 0.3) is 0 Å². The van der Waals surface area contributed by atoms with Gasteiger partial charge in [-0.05, 0) is 42.8 Å². The summed E-state index contributed by atoms with van der Waals surface area (Å²) in [5, 5.41) is 0. The molecule has 0 unspecified atom stereocenters. The molecule has 1 fully saturated rings. The third-order valence-corrected chi connectivity index (χ3v) is 5.52. The third kappa shape index (κ3) is 3.99. The number of hydrogen-bond acceptors (Lipinski definition) is 4. The van der Waals surface area contributed by atoms with E-state index >= 15 is 0 Å². The van der Waals surface area contributed by atoms with Crippen LogP contribution in [-0.2, 0) is 10.1 Å². The van der Waals surface area contributed by atoms with Crippen LogP contribution in [-0.4, -0.2) is 39.0 Å². The van der Waals surface area contributed by atoms with Crippen LogP contribution in [0.15, 0.2) is 59.5 Å². The predicted octanol–water partition coefficient (Wildman–Crippen LogP) is 3.50. The minimum absolute atomic E-state index is 0.0328. The molecule has 7 heteroatoms. The molecule has 2 aromatic rings. The zero-order valence-electron chi connectivity index (χ0n) is 14.7. The first kappa shape index (κ1) is 18.3. The highest BCUT2D eigenvalue weighted by molar-refractivity contribution is 7.87. The van der Waals surface area contributed by atoms with Crippen LogP contribution in [0.1, 0.15) is 19.8 Å². The molecular weight excluding hydrogens is 352 g/mol. The number of unbranched alkanes of at least 4 members (excludes halogenated alkanes) is 1. The Labute approximate surface area is 154 Å². The first-order valence-corrected chi connectivity index (χ1v) is 10.1. The molecule has 0 radical (unpaired) electrons. The van der Waals surface area contributed by atoms with Crippen molar-refractivity contribution in [1.29, 1.82) is 0 Å². The Hall–Kier alpha value is -2.54. The minimum atomic E-state index is -3.90. The fraction of sp³-hybridized carbons (Fsp3) is 0.316. The molecule has 2 aromatic carbocycles. The second-order valence-corrected chi connectivity index (χ2v) is 7.67. The van der Waals surface area contributed by atoms with Crippen LogP contribution >= 0.6 is 0 Å². The van der Waals surface area contributed by atoms with Gasteiger partial charge in [-0.1, -0.05) is 31.5 Å². The number of amides is 2. The topological polar surface area (TPSA) is 66.9 Å². The summed E-state index contributed by atoms with van der Waals surface area (Å²) in [5.41, 5.74) is 0.688. The summed E-state index contributed by atoms with van der Waals surface area (Å²) in [6.07, 6.45) is 2.02. The van der Waals surface area contributed by atoms with Crippen molar-refractivity contribution in [2.24, 2.45) is 0 Å². The molecule has 0 bridgehead atoms. The third-order valence-electron chi connectivity index (χ3n) is 4.26. The van der Waals surface area contributed by atoms with E-state index < -0.39 is 10.1 Å². The Bertz CT molecular complexity index is 851. The van der Waals surface area contributed by atoms with E-state index in [1.807, 2.05) is 4.90 Å². The normalized spacial score (nSPS) is 14.7. The molecular formula is C19H22N2O4S. The van der Waals surface area contributed by atoms with Crippen molar-refractivity contribution in [3.63, 3.8) is 0 Å². The summed E-state index contributed by atoms with van der Waals surface area (Å²) in [5.74, 6) is 0.262. The monoisotopic (exact) mass is 374 g/mol. The molecule has 1 aliphatic rings. The van der Waals surface area contributed by atoms with Crippen LogP contribution < -0.4 is 9.08 Å². The van der Waals surface area contributed by atoms with Crippen LogP contribution in [0.3, 0.4) is 0 Å². The van der Waals surface area contributed by atoms with E-state index in [4.69, 9.17) is 4.18 Å². The van der Waals surface area contributed by atoms with Crippen molar-refractivity contribution >= 4 is 21.8 Å². The quantitative estimate of drug-likeness (QED) is 0.696. The van der Waals surface area contributed by atoms with Gasteiger partial charge in [0, 0.05) is 25.3 Å². The first-order chi connectivity index (χ1) is 12.5. The Balaban J connectivity index is 1.71. The van der Waals surface area contributed by atoms with Crippen molar-refractivity contribution in [3.05, 3.63) is 54.6 Å². The standard InChI is InChI=1S/C19H22N2O4S/c1-2-3-13-20-14-15-21(19(20)22)16-9-11-18(12-10-16)26(23,24)25-17-7-5-4-6-8-17/h4-12H,2-3,13-15H2,1H3. The van der Waals surface area contributed by atoms with Gasteiger partial charge in [0.2, 0.25) is 0 Å². The summed E-state index contributed by atoms with van der Waals surface area (Å²) in [6, 6.07) is 14.5. The van der Waals surface area contributed by atoms with Gasteiger partial charge in [-0.25, -0.2) is 4.79 Å². The van der Waals surface area contributed by atoms with Gasteiger partial charge in [0.05, 0.1) is 0 Å². The number of anilines is 1. The predicted molar refractivity (Wildman–Crippen MR) is 99.9 cm³/mol. The Morgan fingerprint density at radius 1 is 1.00 bits per heavy atom. The van der Waals surface area contributed by atoms with E-state index in [-0.39, 0.29) is 16.7 Å². The molecule has 0 aromatic heterocycles. The number of carbonyl (C=O) groups excluding carboxylic acids is 1. The zero-order chi connectivity index (χ0) is 18.6. The van der Waals surface area contributed by atoms with Gasteiger partial charge in [-0.2, -0.15) is 8.42 Å². The molecule has 6 nitrogen and oxygen atoms in total. The van der Waals surface area contributed by atoms with Crippen molar-refractivity contribution < 1.29 is 17.4 Å². The molecule has 1 aliphatic heterocycles. The smallest absolute Gasteiger partial charge is 0.339 e. The molecule has 26 heavy (non-hydrogen) atoms. The van der Waals surface area contributed by atoms with Crippen molar-refractivity contribution in [2.45, 2.75) is 24.7 Å². The van der Waals surface area contributed by atoms with Gasteiger partial charge in [-0.3, -0.25) is 4.90 Å². The zero-order valence-corrected chi connectivity index (χ0v) is 15.5. The maximum Gasteiger partial charge on any atom is 0.339 e. The lowest BCUT2D eigenvalue weighted by Gasteiger charge is -2.18. The van der Waals surface area contributed by atoms with Crippen LogP contribution in [0.2, 0.25) is 0 Å². The van der Waals surface area contributed by atoms with E-state index in [2.05, 4.69) is 6.92 Å². The second kappa shape index (κ2) is 7.78. The summed E-state index contributed by atoms with van der Waals surface area (Å²) in [4.78, 5) is 16.0. The number of hydrogen-bond donors (Lipinski definition) is 0. The number of rotatable bonds is 7. The van der Waals surface area contributed by atoms with Crippen LogP contribution in [0.25, 0.3) is 0 Å².